The van der Waals surface area contributed by atoms with Crippen LogP contribution in [0.25, 0.3) is 66.6 Å². The van der Waals surface area contributed by atoms with Crippen LogP contribution in [-0.4, -0.2) is 36.3 Å². The normalized spacial score (nSPS) is 11.5. The van der Waals surface area contributed by atoms with E-state index in [-0.39, 0.29) is 0 Å². The van der Waals surface area contributed by atoms with E-state index < -0.39 is 0 Å². The second-order valence-corrected chi connectivity index (χ2v) is 8.74. The molecule has 0 aliphatic heterocycles. The van der Waals surface area contributed by atoms with Crippen molar-refractivity contribution in [3.63, 3.8) is 0 Å². The number of rotatable bonds is 3. The van der Waals surface area contributed by atoms with Crippen molar-refractivity contribution in [3.8, 4) is 17.2 Å². The molecule has 0 spiro atoms. The highest BCUT2D eigenvalue weighted by Gasteiger charge is 2.12. The lowest BCUT2D eigenvalue weighted by Crippen LogP contribution is -1.88. The summed E-state index contributed by atoms with van der Waals surface area (Å²) in [7, 11) is 4.84. The van der Waals surface area contributed by atoms with Gasteiger partial charge in [0.1, 0.15) is 33.8 Å². The van der Waals surface area contributed by atoms with Crippen LogP contribution in [0.4, 0.5) is 0 Å². The zero-order valence-electron chi connectivity index (χ0n) is 21.2. The van der Waals surface area contributed by atoms with Crippen molar-refractivity contribution in [2.24, 2.45) is 0 Å². The van der Waals surface area contributed by atoms with E-state index in [1.54, 1.807) is 57.7 Å². The molecule has 4 heterocycles. The molecule has 9 heteroatoms. The minimum atomic E-state index is 0.353. The quantitative estimate of drug-likeness (QED) is 0.238. The first-order chi connectivity index (χ1) is 19.1. The Bertz CT molecular complexity index is 1910. The Morgan fingerprint density at radius 3 is 1.00 bits per heavy atom. The average molecular weight is 520 g/mol. The average Bonchev–Trinajstić information content (AvgIpc) is 2.97. The van der Waals surface area contributed by atoms with Gasteiger partial charge in [0.05, 0.1) is 21.3 Å². The van der Waals surface area contributed by atoms with Gasteiger partial charge in [-0.15, -0.1) is 0 Å². The van der Waals surface area contributed by atoms with Gasteiger partial charge in [-0.25, -0.2) is 15.0 Å². The van der Waals surface area contributed by atoms with Gasteiger partial charge < -0.3 is 27.5 Å². The van der Waals surface area contributed by atoms with Crippen LogP contribution in [0.15, 0.2) is 86.0 Å². The molecule has 0 saturated carbocycles. The summed E-state index contributed by atoms with van der Waals surface area (Å²) in [5.74, 6) is 1.97. The van der Waals surface area contributed by atoms with Gasteiger partial charge in [0.25, 0.3) is 0 Å². The number of methoxy groups -OCH3 is 3. The Morgan fingerprint density at radius 2 is 0.718 bits per heavy atom. The third-order valence-electron chi connectivity index (χ3n) is 6.57. The fraction of sp³-hybridized carbons (Fsp3) is 0.100. The summed E-state index contributed by atoms with van der Waals surface area (Å²) in [5, 5.41) is 2.29. The summed E-state index contributed by atoms with van der Waals surface area (Å²) in [5.41, 5.74) is 4.18. The summed E-state index contributed by atoms with van der Waals surface area (Å²) in [6.45, 7) is 0. The highest BCUT2D eigenvalue weighted by atomic mass is 16.5. The van der Waals surface area contributed by atoms with Gasteiger partial charge in [0.15, 0.2) is 16.7 Å². The first-order valence-electron chi connectivity index (χ1n) is 12.1. The summed E-state index contributed by atoms with van der Waals surface area (Å²) in [4.78, 5) is 14.4. The van der Waals surface area contributed by atoms with Crippen LogP contribution < -0.4 is 14.2 Å². The van der Waals surface area contributed by atoms with E-state index in [2.05, 4.69) is 0 Å². The Morgan fingerprint density at radius 1 is 0.410 bits per heavy atom. The van der Waals surface area contributed by atoms with Crippen LogP contribution in [0.3, 0.4) is 0 Å². The van der Waals surface area contributed by atoms with Gasteiger partial charge in [-0.3, -0.25) is 0 Å². The number of fused-ring (bicyclic) bond motifs is 3. The minimum Gasteiger partial charge on any atom is -0.496 e. The van der Waals surface area contributed by atoms with Gasteiger partial charge in [-0.05, 0) is 54.6 Å². The number of pyridine rings is 3. The molecule has 0 aliphatic rings. The Hall–Kier alpha value is -5.31. The number of nitrogens with zero attached hydrogens (tertiary/aromatic N) is 3. The van der Waals surface area contributed by atoms with E-state index >= 15 is 0 Å². The molecule has 9 nitrogen and oxygen atoms in total. The number of hydrogen-bond acceptors (Lipinski definition) is 9. The molecule has 0 N–H and O–H groups in total. The Labute approximate surface area is 220 Å². The molecular formula is C30H21N3O6. The molecule has 0 atom stereocenters. The molecule has 7 rings (SSSR count). The van der Waals surface area contributed by atoms with Crippen LogP contribution >= 0.6 is 0 Å². The molecule has 0 saturated heterocycles. The highest BCUT2D eigenvalue weighted by molar-refractivity contribution is 5.99. The highest BCUT2D eigenvalue weighted by Crippen LogP contribution is 2.33. The van der Waals surface area contributed by atoms with Crippen molar-refractivity contribution in [1.29, 1.82) is 0 Å². The van der Waals surface area contributed by atoms with E-state index in [4.69, 9.17) is 42.4 Å². The van der Waals surface area contributed by atoms with Gasteiger partial charge in [-0.1, -0.05) is 0 Å². The number of aromatic nitrogens is 3. The lowest BCUT2D eigenvalue weighted by atomic mass is 10.2. The maximum absolute atomic E-state index is 6.28. The molecular weight excluding hydrogens is 498 g/mol. The fourth-order valence-electron chi connectivity index (χ4n) is 4.73. The van der Waals surface area contributed by atoms with Gasteiger partial charge in [0.2, 0.25) is 17.1 Å². The van der Waals surface area contributed by atoms with Crippen molar-refractivity contribution in [3.05, 3.63) is 72.8 Å². The monoisotopic (exact) mass is 519 g/mol. The zero-order valence-corrected chi connectivity index (χ0v) is 21.2. The second-order valence-electron chi connectivity index (χ2n) is 8.74. The van der Waals surface area contributed by atoms with Gasteiger partial charge >= 0.3 is 0 Å². The zero-order chi connectivity index (χ0) is 26.5. The molecule has 0 unspecified atom stereocenters. The maximum Gasteiger partial charge on any atom is 0.220 e. The number of hydrogen-bond donors (Lipinski definition) is 0. The molecule has 7 aromatic rings. The largest absolute Gasteiger partial charge is 0.496 e. The lowest BCUT2D eigenvalue weighted by molar-refractivity contribution is 0.419. The Balaban J connectivity index is 1.74. The number of benzene rings is 3. The van der Waals surface area contributed by atoms with E-state index in [1.165, 1.54) is 0 Å². The summed E-state index contributed by atoms with van der Waals surface area (Å²) in [6, 6.07) is 21.8. The topological polar surface area (TPSA) is 106 Å². The number of ether oxygens (including phenoxy) is 3. The molecule has 6 bridgehead atoms. The van der Waals surface area contributed by atoms with E-state index in [0.717, 1.165) is 16.2 Å². The second kappa shape index (κ2) is 8.91. The standard InChI is InChI=1S/C30H21N3O6/c1-34-19-7-10-22-28-16(19)4-13-25(31-28)38-23-11-8-20(35-2)18-6-15-27(33-29(18)23)39-24-12-9-21(36-3)17-5-14-26(37-22)32-30(17)24/h4-15H,1-3H3. The van der Waals surface area contributed by atoms with Crippen molar-refractivity contribution in [2.45, 2.75) is 0 Å². The third-order valence-corrected chi connectivity index (χ3v) is 6.57. The van der Waals surface area contributed by atoms with E-state index in [1.807, 2.05) is 36.4 Å². The maximum atomic E-state index is 6.28. The first-order valence-corrected chi connectivity index (χ1v) is 12.1. The smallest absolute Gasteiger partial charge is 0.220 e. The summed E-state index contributed by atoms with van der Waals surface area (Å²) in [6.07, 6.45) is 0. The van der Waals surface area contributed by atoms with Crippen LogP contribution in [0, 0.1) is 0 Å². The minimum absolute atomic E-state index is 0.353. The predicted molar refractivity (Wildman–Crippen MR) is 148 cm³/mol. The summed E-state index contributed by atoms with van der Waals surface area (Å²) >= 11 is 0. The Kier molecular flexibility index (Phi) is 5.22. The van der Waals surface area contributed by atoms with Crippen LogP contribution in [0.5, 0.6) is 17.2 Å². The molecule has 4 aromatic heterocycles. The van der Waals surface area contributed by atoms with Crippen molar-refractivity contribution >= 4 is 66.6 Å². The summed E-state index contributed by atoms with van der Waals surface area (Å²) < 4.78 is 35.5. The van der Waals surface area contributed by atoms with Gasteiger partial charge in [0, 0.05) is 34.4 Å². The molecule has 3 aromatic carbocycles. The van der Waals surface area contributed by atoms with E-state index in [0.29, 0.717) is 67.7 Å². The molecule has 0 aliphatic carbocycles. The predicted octanol–water partition coefficient (Wildman–Crippen LogP) is 7.28. The van der Waals surface area contributed by atoms with Crippen LogP contribution in [-0.2, 0) is 0 Å². The van der Waals surface area contributed by atoms with Crippen molar-refractivity contribution < 1.29 is 27.5 Å². The molecule has 0 amide bonds. The first kappa shape index (κ1) is 22.9. The van der Waals surface area contributed by atoms with Crippen LogP contribution in [0.1, 0.15) is 0 Å². The fourth-order valence-corrected chi connectivity index (χ4v) is 4.73. The van der Waals surface area contributed by atoms with Crippen LogP contribution in [0.2, 0.25) is 0 Å². The van der Waals surface area contributed by atoms with E-state index in [9.17, 15) is 0 Å². The molecule has 0 fully saturated rings. The molecule has 192 valence electrons. The van der Waals surface area contributed by atoms with Gasteiger partial charge in [-0.2, -0.15) is 0 Å². The van der Waals surface area contributed by atoms with Crippen molar-refractivity contribution in [2.75, 3.05) is 21.3 Å². The third kappa shape index (κ3) is 3.74. The SMILES string of the molecule is COc1ccc2oc3ccc4c(OC)ccc(oc5ccc6c(OC)ccc(oc7ccc1c2n7)c6n5)c4n3. The van der Waals surface area contributed by atoms with Crippen molar-refractivity contribution in [1.82, 2.24) is 15.0 Å². The molecule has 39 heavy (non-hydrogen) atoms. The lowest BCUT2D eigenvalue weighted by Gasteiger charge is -2.06. The molecule has 0 radical (unpaired) electrons.